The summed E-state index contributed by atoms with van der Waals surface area (Å²) in [7, 11) is 1.63. The molecule has 0 unspecified atom stereocenters. The van der Waals surface area contributed by atoms with E-state index in [0.29, 0.717) is 28.2 Å². The highest BCUT2D eigenvalue weighted by Gasteiger charge is 2.13. The minimum atomic E-state index is 0. The third kappa shape index (κ3) is 6.28. The lowest BCUT2D eigenvalue weighted by atomic mass is 10.2. The van der Waals surface area contributed by atoms with Crippen LogP contribution in [-0.2, 0) is 19.7 Å². The number of ether oxygens (including phenoxy) is 2. The molecule has 0 saturated carbocycles. The first kappa shape index (κ1) is 23.3. The predicted molar refractivity (Wildman–Crippen MR) is 124 cm³/mol. The molecule has 1 aromatic heterocycles. The quantitative estimate of drug-likeness (QED) is 0.341. The molecule has 0 bridgehead atoms. The average molecular weight is 524 g/mol. The van der Waals surface area contributed by atoms with E-state index in [1.807, 2.05) is 18.2 Å². The normalized spacial score (nSPS) is 10.4. The van der Waals surface area contributed by atoms with Crippen molar-refractivity contribution in [1.29, 1.82) is 0 Å². The van der Waals surface area contributed by atoms with Crippen molar-refractivity contribution in [2.24, 2.45) is 0 Å². The van der Waals surface area contributed by atoms with Gasteiger partial charge in [0.1, 0.15) is 6.61 Å². The molecule has 0 amide bonds. The van der Waals surface area contributed by atoms with Gasteiger partial charge in [-0.2, -0.15) is 0 Å². The molecule has 3 aromatic rings. The molecule has 3 nitrogen and oxygen atoms in total. The Labute approximate surface area is 193 Å². The van der Waals surface area contributed by atoms with Gasteiger partial charge in [0.15, 0.2) is 11.5 Å². The van der Waals surface area contributed by atoms with Crippen molar-refractivity contribution >= 4 is 62.9 Å². The van der Waals surface area contributed by atoms with Gasteiger partial charge >= 0.3 is 0 Å². The lowest BCUT2D eigenvalue weighted by Gasteiger charge is -2.15. The molecule has 2 aromatic carbocycles. The Balaban J connectivity index is 0.00000280. The number of halogens is 4. The summed E-state index contributed by atoms with van der Waals surface area (Å²) in [5.41, 5.74) is 1.96. The highest BCUT2D eigenvalue weighted by atomic mass is 79.9. The number of methoxy groups -OCH3 is 1. The molecular formula is C20H19BrCl3NO2S. The fourth-order valence-corrected chi connectivity index (χ4v) is 4.29. The molecule has 0 saturated heterocycles. The van der Waals surface area contributed by atoms with Crippen LogP contribution in [0.2, 0.25) is 10.0 Å². The van der Waals surface area contributed by atoms with E-state index >= 15 is 0 Å². The van der Waals surface area contributed by atoms with E-state index in [-0.39, 0.29) is 12.4 Å². The molecule has 0 aliphatic rings. The fraction of sp³-hybridized carbons (Fsp3) is 0.200. The van der Waals surface area contributed by atoms with Crippen molar-refractivity contribution in [3.05, 3.63) is 78.4 Å². The summed E-state index contributed by atoms with van der Waals surface area (Å²) in [5.74, 6) is 1.31. The van der Waals surface area contributed by atoms with Crippen LogP contribution in [0.4, 0.5) is 0 Å². The van der Waals surface area contributed by atoms with Gasteiger partial charge in [0, 0.05) is 33.6 Å². The lowest BCUT2D eigenvalue weighted by molar-refractivity contribution is 0.282. The van der Waals surface area contributed by atoms with Crippen LogP contribution in [0, 0.1) is 0 Å². The second-order valence-corrected chi connectivity index (χ2v) is 8.55. The van der Waals surface area contributed by atoms with Gasteiger partial charge in [0.2, 0.25) is 0 Å². The first-order chi connectivity index (χ1) is 13.1. The highest BCUT2D eigenvalue weighted by molar-refractivity contribution is 9.10. The summed E-state index contributed by atoms with van der Waals surface area (Å²) in [6.45, 7) is 1.89. The molecule has 0 aliphatic carbocycles. The van der Waals surface area contributed by atoms with E-state index < -0.39 is 0 Å². The number of hydrogen-bond donors (Lipinski definition) is 1. The van der Waals surface area contributed by atoms with Gasteiger partial charge < -0.3 is 14.8 Å². The van der Waals surface area contributed by atoms with Crippen LogP contribution >= 0.6 is 62.9 Å². The molecule has 0 atom stereocenters. The Kier molecular flexibility index (Phi) is 9.41. The molecule has 3 rings (SSSR count). The van der Waals surface area contributed by atoms with E-state index in [0.717, 1.165) is 28.7 Å². The molecule has 150 valence electrons. The number of benzene rings is 2. The monoisotopic (exact) mass is 521 g/mol. The SMILES string of the molecule is COc1cc(CNCc2cccs2)cc(Br)c1OCc1ccc(Cl)cc1Cl.Cl. The first-order valence-electron chi connectivity index (χ1n) is 8.23. The Morgan fingerprint density at radius 2 is 1.93 bits per heavy atom. The van der Waals surface area contributed by atoms with E-state index in [1.54, 1.807) is 30.6 Å². The molecule has 0 radical (unpaired) electrons. The summed E-state index contributed by atoms with van der Waals surface area (Å²) < 4.78 is 12.3. The molecule has 8 heteroatoms. The van der Waals surface area contributed by atoms with Crippen LogP contribution in [0.5, 0.6) is 11.5 Å². The van der Waals surface area contributed by atoms with E-state index in [2.05, 4.69) is 38.8 Å². The summed E-state index contributed by atoms with van der Waals surface area (Å²) in [6, 6.07) is 13.5. The van der Waals surface area contributed by atoms with Gasteiger partial charge in [-0.05, 0) is 57.2 Å². The van der Waals surface area contributed by atoms with Crippen molar-refractivity contribution in [3.63, 3.8) is 0 Å². The Hall–Kier alpha value is -0.950. The van der Waals surface area contributed by atoms with Crippen molar-refractivity contribution in [2.45, 2.75) is 19.7 Å². The largest absolute Gasteiger partial charge is 0.493 e. The molecule has 1 heterocycles. The number of hydrogen-bond acceptors (Lipinski definition) is 4. The standard InChI is InChI=1S/C20H18BrCl2NO2S.ClH/c1-25-19-8-13(10-24-11-16-3-2-6-27-16)7-17(21)20(19)26-12-14-4-5-15(22)9-18(14)23;/h2-9,24H,10-12H2,1H3;1H. The lowest BCUT2D eigenvalue weighted by Crippen LogP contribution is -2.12. The van der Waals surface area contributed by atoms with Gasteiger partial charge in [-0.15, -0.1) is 23.7 Å². The number of thiophene rings is 1. The van der Waals surface area contributed by atoms with E-state index in [4.69, 9.17) is 32.7 Å². The zero-order chi connectivity index (χ0) is 19.2. The summed E-state index contributed by atoms with van der Waals surface area (Å²) in [6.07, 6.45) is 0. The van der Waals surface area contributed by atoms with Gasteiger partial charge in [0.05, 0.1) is 11.6 Å². The minimum Gasteiger partial charge on any atom is -0.493 e. The maximum atomic E-state index is 6.22. The minimum absolute atomic E-state index is 0. The molecule has 28 heavy (non-hydrogen) atoms. The topological polar surface area (TPSA) is 30.5 Å². The van der Waals surface area contributed by atoms with Gasteiger partial charge in [-0.1, -0.05) is 35.3 Å². The van der Waals surface area contributed by atoms with Gasteiger partial charge in [-0.3, -0.25) is 0 Å². The van der Waals surface area contributed by atoms with Crippen LogP contribution in [0.1, 0.15) is 16.0 Å². The Morgan fingerprint density at radius 3 is 2.61 bits per heavy atom. The molecule has 1 N–H and O–H groups in total. The van der Waals surface area contributed by atoms with Crippen molar-refractivity contribution < 1.29 is 9.47 Å². The molecule has 0 aliphatic heterocycles. The second-order valence-electron chi connectivity index (χ2n) is 5.82. The van der Waals surface area contributed by atoms with Crippen LogP contribution in [-0.4, -0.2) is 7.11 Å². The van der Waals surface area contributed by atoms with Gasteiger partial charge in [0.25, 0.3) is 0 Å². The van der Waals surface area contributed by atoms with Crippen molar-refractivity contribution in [2.75, 3.05) is 7.11 Å². The second kappa shape index (κ2) is 11.3. The van der Waals surface area contributed by atoms with E-state index in [1.165, 1.54) is 4.88 Å². The highest BCUT2D eigenvalue weighted by Crippen LogP contribution is 2.37. The fourth-order valence-electron chi connectivity index (χ4n) is 2.55. The first-order valence-corrected chi connectivity index (χ1v) is 10.7. The maximum absolute atomic E-state index is 6.22. The van der Waals surface area contributed by atoms with Crippen LogP contribution in [0.15, 0.2) is 52.3 Å². The summed E-state index contributed by atoms with van der Waals surface area (Å²) >= 11 is 17.5. The Morgan fingerprint density at radius 1 is 1.11 bits per heavy atom. The zero-order valence-electron chi connectivity index (χ0n) is 15.0. The zero-order valence-corrected chi connectivity index (χ0v) is 19.7. The van der Waals surface area contributed by atoms with Crippen molar-refractivity contribution in [3.8, 4) is 11.5 Å². The van der Waals surface area contributed by atoms with Gasteiger partial charge in [-0.25, -0.2) is 0 Å². The molecule has 0 spiro atoms. The van der Waals surface area contributed by atoms with Crippen LogP contribution < -0.4 is 14.8 Å². The maximum Gasteiger partial charge on any atom is 0.175 e. The smallest absolute Gasteiger partial charge is 0.175 e. The van der Waals surface area contributed by atoms with Crippen molar-refractivity contribution in [1.82, 2.24) is 5.32 Å². The third-order valence-corrected chi connectivity index (χ3v) is 5.94. The van der Waals surface area contributed by atoms with Crippen LogP contribution in [0.25, 0.3) is 0 Å². The summed E-state index contributed by atoms with van der Waals surface area (Å²) in [4.78, 5) is 1.31. The number of nitrogens with one attached hydrogen (secondary N) is 1. The molecular weight excluding hydrogens is 505 g/mol. The van der Waals surface area contributed by atoms with E-state index in [9.17, 15) is 0 Å². The predicted octanol–water partition coefficient (Wildman–Crippen LogP) is 7.12. The number of rotatable bonds is 8. The van der Waals surface area contributed by atoms with Crippen LogP contribution in [0.3, 0.4) is 0 Å². The third-order valence-electron chi connectivity index (χ3n) is 3.88. The Bertz CT molecular complexity index is 907. The average Bonchev–Trinajstić information content (AvgIpc) is 3.15. The molecule has 0 fully saturated rings. The summed E-state index contributed by atoms with van der Waals surface area (Å²) in [5, 5.41) is 6.69.